The Bertz CT molecular complexity index is 1190. The van der Waals surface area contributed by atoms with Gasteiger partial charge in [-0.05, 0) is 54.7 Å². The first kappa shape index (κ1) is 21.6. The van der Waals surface area contributed by atoms with Crippen LogP contribution in [-0.4, -0.2) is 35.4 Å². The van der Waals surface area contributed by atoms with Crippen molar-refractivity contribution in [1.82, 2.24) is 13.9 Å². The third kappa shape index (κ3) is 4.99. The fraction of sp³-hybridized carbons (Fsp3) is 0.304. The number of hydrogen-bond donors (Lipinski definition) is 0. The van der Waals surface area contributed by atoms with E-state index in [0.29, 0.717) is 29.6 Å². The van der Waals surface area contributed by atoms with Crippen molar-refractivity contribution in [3.63, 3.8) is 0 Å². The Morgan fingerprint density at radius 2 is 1.87 bits per heavy atom. The summed E-state index contributed by atoms with van der Waals surface area (Å²) in [6.07, 6.45) is 6.06. The Morgan fingerprint density at radius 1 is 1.13 bits per heavy atom. The molecule has 8 heteroatoms. The second kappa shape index (κ2) is 9.23. The van der Waals surface area contributed by atoms with Crippen molar-refractivity contribution in [2.24, 2.45) is 5.92 Å². The van der Waals surface area contributed by atoms with Crippen molar-refractivity contribution in [3.8, 4) is 6.07 Å². The molecular weight excluding hydrogens is 432 g/mol. The molecule has 0 unspecified atom stereocenters. The normalized spacial score (nSPS) is 15.6. The van der Waals surface area contributed by atoms with Crippen LogP contribution >= 0.6 is 11.6 Å². The van der Waals surface area contributed by atoms with Crippen molar-refractivity contribution < 1.29 is 8.42 Å². The first-order valence-corrected chi connectivity index (χ1v) is 12.0. The molecule has 1 aliphatic rings. The number of imidazole rings is 1. The van der Waals surface area contributed by atoms with Crippen LogP contribution in [0.15, 0.2) is 66.0 Å². The standard InChI is InChI=1S/C23H23ClN4O2S/c24-21-2-1-3-23(13-21)31(29,30)28-10-8-20(9-11-28)16-27-17-26-15-22(27)12-18-4-6-19(14-25)7-5-18/h1-7,13,15,17,20H,8-12,16H2. The number of nitriles is 1. The van der Waals surface area contributed by atoms with Crippen LogP contribution in [-0.2, 0) is 23.0 Å². The Labute approximate surface area is 187 Å². The molecule has 0 atom stereocenters. The van der Waals surface area contributed by atoms with Gasteiger partial charge in [-0.3, -0.25) is 0 Å². The Morgan fingerprint density at radius 3 is 2.55 bits per heavy atom. The van der Waals surface area contributed by atoms with Gasteiger partial charge in [0.15, 0.2) is 0 Å². The van der Waals surface area contributed by atoms with Gasteiger partial charge in [-0.1, -0.05) is 29.8 Å². The fourth-order valence-electron chi connectivity index (χ4n) is 3.95. The predicted molar refractivity (Wildman–Crippen MR) is 119 cm³/mol. The van der Waals surface area contributed by atoms with Crippen molar-refractivity contribution in [3.05, 3.63) is 82.9 Å². The largest absolute Gasteiger partial charge is 0.334 e. The molecule has 0 radical (unpaired) electrons. The third-order valence-electron chi connectivity index (χ3n) is 5.73. The molecule has 31 heavy (non-hydrogen) atoms. The van der Waals surface area contributed by atoms with E-state index in [2.05, 4.69) is 15.6 Å². The van der Waals surface area contributed by atoms with Gasteiger partial charge in [0, 0.05) is 43.0 Å². The minimum Gasteiger partial charge on any atom is -0.334 e. The molecular formula is C23H23ClN4O2S. The molecule has 0 spiro atoms. The van der Waals surface area contributed by atoms with E-state index >= 15 is 0 Å². The lowest BCUT2D eigenvalue weighted by atomic mass is 9.98. The minimum atomic E-state index is -3.52. The second-order valence-corrected chi connectivity index (χ2v) is 10.2. The van der Waals surface area contributed by atoms with Gasteiger partial charge in [0.25, 0.3) is 0 Å². The molecule has 1 fully saturated rings. The molecule has 0 aliphatic carbocycles. The molecule has 1 saturated heterocycles. The zero-order chi connectivity index (χ0) is 21.8. The highest BCUT2D eigenvalue weighted by molar-refractivity contribution is 7.89. The summed E-state index contributed by atoms with van der Waals surface area (Å²) in [7, 11) is -3.52. The molecule has 1 aliphatic heterocycles. The van der Waals surface area contributed by atoms with Gasteiger partial charge in [0.1, 0.15) is 0 Å². The lowest BCUT2D eigenvalue weighted by molar-refractivity contribution is 0.252. The lowest BCUT2D eigenvalue weighted by Crippen LogP contribution is -2.39. The van der Waals surface area contributed by atoms with E-state index in [4.69, 9.17) is 16.9 Å². The SMILES string of the molecule is N#Cc1ccc(Cc2cncn2CC2CCN(S(=O)(=O)c3cccc(Cl)c3)CC2)cc1. The van der Waals surface area contributed by atoms with Crippen LogP contribution in [0.5, 0.6) is 0 Å². The summed E-state index contributed by atoms with van der Waals surface area (Å²) in [5, 5.41) is 9.37. The van der Waals surface area contributed by atoms with Gasteiger partial charge in [0.2, 0.25) is 10.0 Å². The highest BCUT2D eigenvalue weighted by Crippen LogP contribution is 2.26. The summed E-state index contributed by atoms with van der Waals surface area (Å²) in [5.74, 6) is 0.389. The van der Waals surface area contributed by atoms with Gasteiger partial charge < -0.3 is 4.57 Å². The van der Waals surface area contributed by atoms with E-state index in [-0.39, 0.29) is 4.90 Å². The van der Waals surface area contributed by atoms with Crippen LogP contribution < -0.4 is 0 Å². The maximum Gasteiger partial charge on any atom is 0.243 e. The van der Waals surface area contributed by atoms with Crippen molar-refractivity contribution in [2.75, 3.05) is 13.1 Å². The topological polar surface area (TPSA) is 79.0 Å². The molecule has 1 aromatic heterocycles. The number of piperidine rings is 1. The summed E-state index contributed by atoms with van der Waals surface area (Å²) in [6, 6.07) is 16.2. The monoisotopic (exact) mass is 454 g/mol. The summed E-state index contributed by atoms with van der Waals surface area (Å²) in [6.45, 7) is 1.81. The molecule has 2 aromatic carbocycles. The van der Waals surface area contributed by atoms with E-state index in [1.54, 1.807) is 22.5 Å². The van der Waals surface area contributed by atoms with Crippen LogP contribution in [0.25, 0.3) is 0 Å². The number of sulfonamides is 1. The zero-order valence-corrected chi connectivity index (χ0v) is 18.6. The number of hydrogen-bond acceptors (Lipinski definition) is 4. The van der Waals surface area contributed by atoms with Crippen LogP contribution in [0.1, 0.15) is 29.7 Å². The lowest BCUT2D eigenvalue weighted by Gasteiger charge is -2.31. The van der Waals surface area contributed by atoms with Gasteiger partial charge >= 0.3 is 0 Å². The van der Waals surface area contributed by atoms with E-state index in [1.165, 1.54) is 6.07 Å². The van der Waals surface area contributed by atoms with Crippen molar-refractivity contribution >= 4 is 21.6 Å². The van der Waals surface area contributed by atoms with E-state index in [1.807, 2.05) is 36.8 Å². The number of aromatic nitrogens is 2. The van der Waals surface area contributed by atoms with E-state index in [0.717, 1.165) is 37.1 Å². The average Bonchev–Trinajstić information content (AvgIpc) is 3.21. The average molecular weight is 455 g/mol. The highest BCUT2D eigenvalue weighted by atomic mass is 35.5. The summed E-state index contributed by atoms with van der Waals surface area (Å²) >= 11 is 5.97. The summed E-state index contributed by atoms with van der Waals surface area (Å²) in [4.78, 5) is 4.56. The van der Waals surface area contributed by atoms with Gasteiger partial charge in [-0.25, -0.2) is 13.4 Å². The Balaban J connectivity index is 1.37. The fourth-order valence-corrected chi connectivity index (χ4v) is 5.72. The third-order valence-corrected chi connectivity index (χ3v) is 7.86. The van der Waals surface area contributed by atoms with Gasteiger partial charge in [0.05, 0.1) is 22.9 Å². The van der Waals surface area contributed by atoms with Gasteiger partial charge in [-0.15, -0.1) is 0 Å². The highest BCUT2D eigenvalue weighted by Gasteiger charge is 2.29. The van der Waals surface area contributed by atoms with Crippen molar-refractivity contribution in [1.29, 1.82) is 5.26 Å². The van der Waals surface area contributed by atoms with Crippen molar-refractivity contribution in [2.45, 2.75) is 30.7 Å². The van der Waals surface area contributed by atoms with Crippen LogP contribution in [0, 0.1) is 17.2 Å². The van der Waals surface area contributed by atoms with Crippen LogP contribution in [0.4, 0.5) is 0 Å². The predicted octanol–water partition coefficient (Wildman–Crippen LogP) is 4.10. The minimum absolute atomic E-state index is 0.248. The van der Waals surface area contributed by atoms with Crippen LogP contribution in [0.2, 0.25) is 5.02 Å². The maximum atomic E-state index is 12.9. The molecule has 0 bridgehead atoms. The molecule has 0 N–H and O–H groups in total. The molecule has 2 heterocycles. The second-order valence-electron chi connectivity index (χ2n) is 7.83. The summed E-state index contributed by atoms with van der Waals surface area (Å²) < 4.78 is 29.5. The van der Waals surface area contributed by atoms with E-state index in [9.17, 15) is 8.42 Å². The molecule has 0 amide bonds. The molecule has 160 valence electrons. The number of rotatable bonds is 6. The first-order chi connectivity index (χ1) is 15.0. The first-order valence-electron chi connectivity index (χ1n) is 10.2. The summed E-state index contributed by atoms with van der Waals surface area (Å²) in [5.41, 5.74) is 2.89. The zero-order valence-electron chi connectivity index (χ0n) is 17.0. The number of benzene rings is 2. The number of halogens is 1. The van der Waals surface area contributed by atoms with Gasteiger partial charge in [-0.2, -0.15) is 9.57 Å². The molecule has 4 rings (SSSR count). The Hall–Kier alpha value is -2.66. The smallest absolute Gasteiger partial charge is 0.243 e. The number of nitrogens with zero attached hydrogens (tertiary/aromatic N) is 4. The quantitative estimate of drug-likeness (QED) is 0.561. The Kier molecular flexibility index (Phi) is 6.42. The van der Waals surface area contributed by atoms with E-state index < -0.39 is 10.0 Å². The molecule has 3 aromatic rings. The maximum absolute atomic E-state index is 12.9. The molecule has 0 saturated carbocycles. The van der Waals surface area contributed by atoms with Crippen LogP contribution in [0.3, 0.4) is 0 Å². The molecule has 6 nitrogen and oxygen atoms in total.